The highest BCUT2D eigenvalue weighted by Crippen LogP contribution is 2.60. The lowest BCUT2D eigenvalue weighted by atomic mass is 9.49. The van der Waals surface area contributed by atoms with Gasteiger partial charge in [0.05, 0.1) is 12.3 Å². The molecule has 0 aromatic rings. The summed E-state index contributed by atoms with van der Waals surface area (Å²) in [6.07, 6.45) is 8.18. The van der Waals surface area contributed by atoms with Crippen molar-refractivity contribution < 1.29 is 19.1 Å². The Bertz CT molecular complexity index is 456. The van der Waals surface area contributed by atoms with Gasteiger partial charge in [-0.05, 0) is 68.6 Å². The molecule has 4 aliphatic carbocycles. The molecule has 4 bridgehead atoms. The fourth-order valence-electron chi connectivity index (χ4n) is 5.61. The lowest BCUT2D eigenvalue weighted by molar-refractivity contribution is -0.211. The van der Waals surface area contributed by atoms with Gasteiger partial charge < -0.3 is 9.47 Å². The van der Waals surface area contributed by atoms with Gasteiger partial charge in [-0.1, -0.05) is 20.8 Å². The minimum absolute atomic E-state index is 0.104. The van der Waals surface area contributed by atoms with E-state index in [2.05, 4.69) is 6.92 Å². The fraction of sp³-hybridized carbons (Fsp3) is 0.900. The van der Waals surface area contributed by atoms with Crippen molar-refractivity contribution >= 4 is 11.9 Å². The largest absolute Gasteiger partial charge is 0.465 e. The number of ether oxygens (including phenoxy) is 2. The van der Waals surface area contributed by atoms with Crippen molar-refractivity contribution in [2.45, 2.75) is 77.7 Å². The maximum Gasteiger partial charge on any atom is 0.309 e. The third-order valence-corrected chi connectivity index (χ3v) is 6.94. The van der Waals surface area contributed by atoms with E-state index in [4.69, 9.17) is 9.47 Å². The van der Waals surface area contributed by atoms with Crippen LogP contribution in [0.25, 0.3) is 0 Å². The van der Waals surface area contributed by atoms with Crippen LogP contribution in [0.5, 0.6) is 0 Å². The van der Waals surface area contributed by atoms with Crippen molar-refractivity contribution in [3.63, 3.8) is 0 Å². The zero-order valence-electron chi connectivity index (χ0n) is 15.4. The Morgan fingerprint density at radius 3 is 2.12 bits per heavy atom. The van der Waals surface area contributed by atoms with Gasteiger partial charge in [0.1, 0.15) is 12.2 Å². The Morgan fingerprint density at radius 1 is 1.04 bits per heavy atom. The van der Waals surface area contributed by atoms with Gasteiger partial charge in [0.2, 0.25) is 0 Å². The molecule has 0 aliphatic heterocycles. The van der Waals surface area contributed by atoms with Gasteiger partial charge in [-0.2, -0.15) is 0 Å². The Kier molecular flexibility index (Phi) is 5.22. The van der Waals surface area contributed by atoms with E-state index in [0.29, 0.717) is 11.8 Å². The molecule has 0 heterocycles. The average molecular weight is 336 g/mol. The highest BCUT2D eigenvalue weighted by molar-refractivity contribution is 5.73. The summed E-state index contributed by atoms with van der Waals surface area (Å²) in [5, 5.41) is 0. The standard InChI is InChI=1S/C20H32O4/c1-4-13(3)19(22)23-7-6-18(21)24-20(5-2)16-9-14-8-15(11-16)12-17(20)10-14/h13-17H,4-12H2,1-3H3. The van der Waals surface area contributed by atoms with E-state index in [9.17, 15) is 9.59 Å². The van der Waals surface area contributed by atoms with Crippen molar-refractivity contribution in [1.82, 2.24) is 0 Å². The van der Waals surface area contributed by atoms with Crippen molar-refractivity contribution in [3.8, 4) is 0 Å². The number of carbonyl (C=O) groups is 2. The first kappa shape index (κ1) is 17.8. The van der Waals surface area contributed by atoms with E-state index < -0.39 is 0 Å². The topological polar surface area (TPSA) is 52.6 Å². The first-order valence-electron chi connectivity index (χ1n) is 9.86. The zero-order valence-corrected chi connectivity index (χ0v) is 15.4. The molecular formula is C20H32O4. The van der Waals surface area contributed by atoms with Crippen LogP contribution in [0, 0.1) is 29.6 Å². The monoisotopic (exact) mass is 336 g/mol. The molecule has 0 amide bonds. The predicted octanol–water partition coefficient (Wildman–Crippen LogP) is 4.11. The molecule has 4 saturated carbocycles. The number of carbonyl (C=O) groups excluding carboxylic acids is 2. The van der Waals surface area contributed by atoms with Gasteiger partial charge in [-0.3, -0.25) is 9.59 Å². The van der Waals surface area contributed by atoms with Crippen molar-refractivity contribution in [2.24, 2.45) is 29.6 Å². The molecule has 4 aliphatic rings. The van der Waals surface area contributed by atoms with Gasteiger partial charge in [-0.15, -0.1) is 0 Å². The van der Waals surface area contributed by atoms with Gasteiger partial charge in [0.15, 0.2) is 0 Å². The molecule has 0 radical (unpaired) electrons. The maximum atomic E-state index is 12.4. The smallest absolute Gasteiger partial charge is 0.309 e. The van der Waals surface area contributed by atoms with Crippen LogP contribution >= 0.6 is 0 Å². The summed E-state index contributed by atoms with van der Waals surface area (Å²) in [7, 11) is 0. The minimum Gasteiger partial charge on any atom is -0.465 e. The lowest BCUT2D eigenvalue weighted by Gasteiger charge is -2.60. The van der Waals surface area contributed by atoms with Gasteiger partial charge in [0.25, 0.3) is 0 Å². The van der Waals surface area contributed by atoms with E-state index >= 15 is 0 Å². The number of hydrogen-bond donors (Lipinski definition) is 0. The molecule has 4 nitrogen and oxygen atoms in total. The second-order valence-corrected chi connectivity index (χ2v) is 8.31. The van der Waals surface area contributed by atoms with Gasteiger partial charge in [-0.25, -0.2) is 0 Å². The highest BCUT2D eigenvalue weighted by Gasteiger charge is 2.58. The summed E-state index contributed by atoms with van der Waals surface area (Å²) in [5.41, 5.74) is -0.245. The van der Waals surface area contributed by atoms with E-state index in [0.717, 1.165) is 24.7 Å². The van der Waals surface area contributed by atoms with E-state index in [-0.39, 0.29) is 36.5 Å². The van der Waals surface area contributed by atoms with Crippen LogP contribution in [-0.4, -0.2) is 24.1 Å². The summed E-state index contributed by atoms with van der Waals surface area (Å²) in [6, 6.07) is 0. The molecular weight excluding hydrogens is 304 g/mol. The number of hydrogen-bond acceptors (Lipinski definition) is 4. The normalized spacial score (nSPS) is 38.0. The van der Waals surface area contributed by atoms with E-state index in [1.807, 2.05) is 13.8 Å². The average Bonchev–Trinajstić information content (AvgIpc) is 2.56. The summed E-state index contributed by atoms with van der Waals surface area (Å²) >= 11 is 0. The third-order valence-electron chi connectivity index (χ3n) is 6.94. The van der Waals surface area contributed by atoms with Crippen LogP contribution in [-0.2, 0) is 19.1 Å². The molecule has 0 aromatic heterocycles. The molecule has 136 valence electrons. The molecule has 4 rings (SSSR count). The quantitative estimate of drug-likeness (QED) is 0.656. The second-order valence-electron chi connectivity index (χ2n) is 8.31. The van der Waals surface area contributed by atoms with Crippen LogP contribution < -0.4 is 0 Å². The van der Waals surface area contributed by atoms with Crippen LogP contribution in [0.3, 0.4) is 0 Å². The molecule has 4 fully saturated rings. The molecule has 4 heteroatoms. The summed E-state index contributed by atoms with van der Waals surface area (Å²) < 4.78 is 11.3. The highest BCUT2D eigenvalue weighted by atomic mass is 16.6. The molecule has 1 unspecified atom stereocenters. The Balaban J connectivity index is 1.54. The third kappa shape index (κ3) is 3.21. The van der Waals surface area contributed by atoms with Crippen LogP contribution in [0.15, 0.2) is 0 Å². The second kappa shape index (κ2) is 7.05. The molecule has 24 heavy (non-hydrogen) atoms. The van der Waals surface area contributed by atoms with Crippen molar-refractivity contribution in [2.75, 3.05) is 6.61 Å². The van der Waals surface area contributed by atoms with Crippen molar-refractivity contribution in [1.29, 1.82) is 0 Å². The summed E-state index contributed by atoms with van der Waals surface area (Å²) in [5.74, 6) is 2.30. The number of esters is 2. The molecule has 0 aromatic carbocycles. The van der Waals surface area contributed by atoms with Crippen LogP contribution in [0.1, 0.15) is 72.1 Å². The van der Waals surface area contributed by atoms with Gasteiger partial charge in [0, 0.05) is 0 Å². The maximum absolute atomic E-state index is 12.4. The zero-order chi connectivity index (χ0) is 17.3. The summed E-state index contributed by atoms with van der Waals surface area (Å²) in [6.45, 7) is 6.11. The SMILES string of the molecule is CCC(C)C(=O)OCCC(=O)OC1(CC)C2CC3CC(C2)CC1C3. The van der Waals surface area contributed by atoms with Crippen molar-refractivity contribution in [3.05, 3.63) is 0 Å². The first-order chi connectivity index (χ1) is 11.5. The molecule has 0 saturated heterocycles. The lowest BCUT2D eigenvalue weighted by Crippen LogP contribution is -2.59. The summed E-state index contributed by atoms with van der Waals surface area (Å²) in [4.78, 5) is 24.1. The fourth-order valence-corrected chi connectivity index (χ4v) is 5.61. The Labute approximate surface area is 145 Å². The van der Waals surface area contributed by atoms with Gasteiger partial charge >= 0.3 is 11.9 Å². The Morgan fingerprint density at radius 2 is 1.62 bits per heavy atom. The van der Waals surface area contributed by atoms with Crippen LogP contribution in [0.4, 0.5) is 0 Å². The predicted molar refractivity (Wildman–Crippen MR) is 91.2 cm³/mol. The van der Waals surface area contributed by atoms with E-state index in [1.165, 1.54) is 32.1 Å². The minimum atomic E-state index is -0.245. The Hall–Kier alpha value is -1.06. The van der Waals surface area contributed by atoms with E-state index in [1.54, 1.807) is 0 Å². The number of rotatable bonds is 7. The molecule has 1 atom stereocenters. The molecule has 0 N–H and O–H groups in total. The van der Waals surface area contributed by atoms with Crippen LogP contribution in [0.2, 0.25) is 0 Å². The first-order valence-corrected chi connectivity index (χ1v) is 9.86. The molecule has 0 spiro atoms.